The maximum Gasteiger partial charge on any atom is 0.415 e. The predicted molar refractivity (Wildman–Crippen MR) is 151 cm³/mol. The number of benzene rings is 2. The van der Waals surface area contributed by atoms with E-state index in [0.29, 0.717) is 49.8 Å². The average molecular weight is 552 g/mol. The van der Waals surface area contributed by atoms with Gasteiger partial charge in [0.25, 0.3) is 0 Å². The third kappa shape index (κ3) is 5.51. The van der Waals surface area contributed by atoms with Crippen molar-refractivity contribution in [3.8, 4) is 5.75 Å². The van der Waals surface area contributed by atoms with Crippen LogP contribution in [0.4, 0.5) is 4.79 Å². The maximum absolute atomic E-state index is 13.8. The molecular weight excluding hydrogens is 514 g/mol. The quantitative estimate of drug-likeness (QED) is 0.506. The molecule has 0 N–H and O–H groups in total. The van der Waals surface area contributed by atoms with E-state index in [0.717, 1.165) is 24.0 Å². The van der Waals surface area contributed by atoms with E-state index in [1.165, 1.54) is 0 Å². The number of carbonyl (C=O) groups is 3. The van der Waals surface area contributed by atoms with Gasteiger partial charge in [-0.15, -0.1) is 0 Å². The number of hydrogen-bond acceptors (Lipinski definition) is 4. The summed E-state index contributed by atoms with van der Waals surface area (Å²) in [6.45, 7) is 8.26. The van der Waals surface area contributed by atoms with Crippen LogP contribution in [-0.4, -0.2) is 71.9 Å². The van der Waals surface area contributed by atoms with E-state index in [2.05, 4.69) is 6.92 Å². The van der Waals surface area contributed by atoms with Gasteiger partial charge in [-0.1, -0.05) is 55.3 Å². The maximum atomic E-state index is 13.8. The standard InChI is InChI=1S/C31H38ClN3O4/c1-21-5-11-25(12-6-21)39-29(38)33(4)26-19-35(20-31(26,3)23-7-9-24(32)10-8-23)27(36)22-13-17-34(18-14-22)28(37)30(2)15-16-30/h5-12,22,26H,13-20H2,1-4H3. The number of amides is 3. The van der Waals surface area contributed by atoms with Crippen LogP contribution in [0.15, 0.2) is 48.5 Å². The number of piperidine rings is 1. The molecule has 39 heavy (non-hydrogen) atoms. The minimum Gasteiger partial charge on any atom is -0.410 e. The third-order valence-corrected chi connectivity index (χ3v) is 9.34. The van der Waals surface area contributed by atoms with Crippen molar-refractivity contribution >= 4 is 29.5 Å². The smallest absolute Gasteiger partial charge is 0.410 e. The molecule has 2 unspecified atom stereocenters. The van der Waals surface area contributed by atoms with Crippen molar-refractivity contribution < 1.29 is 19.1 Å². The van der Waals surface area contributed by atoms with Crippen molar-refractivity contribution in [2.75, 3.05) is 33.2 Å². The summed E-state index contributed by atoms with van der Waals surface area (Å²) >= 11 is 6.18. The molecule has 7 nitrogen and oxygen atoms in total. The molecule has 2 saturated heterocycles. The zero-order valence-corrected chi connectivity index (χ0v) is 24.0. The molecule has 208 valence electrons. The van der Waals surface area contributed by atoms with Gasteiger partial charge in [-0.25, -0.2) is 4.79 Å². The second-order valence-electron chi connectivity index (χ2n) is 12.1. The van der Waals surface area contributed by atoms with Crippen LogP contribution in [0.25, 0.3) is 0 Å². The van der Waals surface area contributed by atoms with E-state index in [9.17, 15) is 14.4 Å². The number of aryl methyl sites for hydroxylation is 1. The summed E-state index contributed by atoms with van der Waals surface area (Å²) < 4.78 is 5.70. The Balaban J connectivity index is 1.32. The van der Waals surface area contributed by atoms with E-state index >= 15 is 0 Å². The van der Waals surface area contributed by atoms with Gasteiger partial charge in [0, 0.05) is 55.0 Å². The molecule has 2 heterocycles. The molecule has 3 aliphatic rings. The fourth-order valence-corrected chi connectivity index (χ4v) is 6.21. The van der Waals surface area contributed by atoms with Gasteiger partial charge in [-0.3, -0.25) is 9.59 Å². The lowest BCUT2D eigenvalue weighted by molar-refractivity contribution is -0.142. The zero-order chi connectivity index (χ0) is 27.9. The number of likely N-dealkylation sites (N-methyl/N-ethyl adjacent to an activating group) is 1. The fraction of sp³-hybridized carbons (Fsp3) is 0.516. The highest BCUT2D eigenvalue weighted by molar-refractivity contribution is 6.30. The molecule has 3 amide bonds. The van der Waals surface area contributed by atoms with Gasteiger partial charge in [-0.2, -0.15) is 0 Å². The first-order valence-electron chi connectivity index (χ1n) is 13.9. The lowest BCUT2D eigenvalue weighted by Crippen LogP contribution is -2.50. The largest absolute Gasteiger partial charge is 0.415 e. The summed E-state index contributed by atoms with van der Waals surface area (Å²) in [5.74, 6) is 0.693. The Bertz CT molecular complexity index is 1240. The van der Waals surface area contributed by atoms with Gasteiger partial charge in [-0.05, 0) is 62.4 Å². The van der Waals surface area contributed by atoms with Crippen LogP contribution in [0.1, 0.15) is 50.7 Å². The molecule has 0 radical (unpaired) electrons. The summed E-state index contributed by atoms with van der Waals surface area (Å²) in [5.41, 5.74) is 1.40. The Morgan fingerprint density at radius 3 is 2.15 bits per heavy atom. The Hall–Kier alpha value is -3.06. The van der Waals surface area contributed by atoms with E-state index in [4.69, 9.17) is 16.3 Å². The van der Waals surface area contributed by atoms with Gasteiger partial charge >= 0.3 is 6.09 Å². The molecule has 2 aromatic rings. The van der Waals surface area contributed by atoms with Crippen LogP contribution in [0.5, 0.6) is 5.75 Å². The molecule has 8 heteroatoms. The molecule has 0 bridgehead atoms. The van der Waals surface area contributed by atoms with Crippen LogP contribution < -0.4 is 4.74 Å². The SMILES string of the molecule is Cc1ccc(OC(=O)N(C)C2CN(C(=O)C3CCN(C(=O)C4(C)CC4)CC3)CC2(C)c2ccc(Cl)cc2)cc1. The number of likely N-dealkylation sites (tertiary alicyclic amines) is 2. The van der Waals surface area contributed by atoms with E-state index < -0.39 is 11.5 Å². The number of hydrogen-bond donors (Lipinski definition) is 0. The molecule has 0 aromatic heterocycles. The first-order valence-corrected chi connectivity index (χ1v) is 14.2. The summed E-state index contributed by atoms with van der Waals surface area (Å²) in [6, 6.07) is 14.7. The van der Waals surface area contributed by atoms with Gasteiger partial charge in [0.1, 0.15) is 5.75 Å². The number of halogens is 1. The van der Waals surface area contributed by atoms with Crippen LogP contribution in [0, 0.1) is 18.3 Å². The number of ether oxygens (including phenoxy) is 1. The first-order chi connectivity index (χ1) is 18.5. The molecule has 0 spiro atoms. The highest BCUT2D eigenvalue weighted by atomic mass is 35.5. The number of rotatable bonds is 5. The van der Waals surface area contributed by atoms with Gasteiger partial charge in [0.05, 0.1) is 6.04 Å². The molecule has 5 rings (SSSR count). The minimum absolute atomic E-state index is 0.0997. The van der Waals surface area contributed by atoms with Crippen molar-refractivity contribution in [1.29, 1.82) is 0 Å². The molecule has 3 fully saturated rings. The topological polar surface area (TPSA) is 70.2 Å². The summed E-state index contributed by atoms with van der Waals surface area (Å²) in [6.07, 6.45) is 2.81. The average Bonchev–Trinajstić information content (AvgIpc) is 3.59. The fourth-order valence-electron chi connectivity index (χ4n) is 6.09. The monoisotopic (exact) mass is 551 g/mol. The molecule has 1 aliphatic carbocycles. The van der Waals surface area contributed by atoms with Crippen LogP contribution in [-0.2, 0) is 15.0 Å². The van der Waals surface area contributed by atoms with Crippen LogP contribution >= 0.6 is 11.6 Å². The van der Waals surface area contributed by atoms with Crippen molar-refractivity contribution in [2.45, 2.75) is 57.9 Å². The van der Waals surface area contributed by atoms with Gasteiger partial charge in [0.2, 0.25) is 11.8 Å². The van der Waals surface area contributed by atoms with Crippen molar-refractivity contribution in [1.82, 2.24) is 14.7 Å². The lowest BCUT2D eigenvalue weighted by Gasteiger charge is -2.36. The normalized spacial score (nSPS) is 24.4. The zero-order valence-electron chi connectivity index (χ0n) is 23.3. The summed E-state index contributed by atoms with van der Waals surface area (Å²) in [7, 11) is 1.74. The molecule has 1 saturated carbocycles. The predicted octanol–water partition coefficient (Wildman–Crippen LogP) is 5.29. The summed E-state index contributed by atoms with van der Waals surface area (Å²) in [5, 5.41) is 0.637. The van der Waals surface area contributed by atoms with Crippen molar-refractivity contribution in [3.05, 3.63) is 64.7 Å². The van der Waals surface area contributed by atoms with E-state index in [-0.39, 0.29) is 29.2 Å². The molecule has 2 atom stereocenters. The molecule has 2 aromatic carbocycles. The van der Waals surface area contributed by atoms with Crippen LogP contribution in [0.3, 0.4) is 0 Å². The number of carbonyl (C=O) groups excluding carboxylic acids is 3. The molecule has 2 aliphatic heterocycles. The van der Waals surface area contributed by atoms with E-state index in [1.807, 2.05) is 60.0 Å². The Morgan fingerprint density at radius 2 is 1.56 bits per heavy atom. The van der Waals surface area contributed by atoms with Crippen molar-refractivity contribution in [2.24, 2.45) is 11.3 Å². The first kappa shape index (κ1) is 27.5. The van der Waals surface area contributed by atoms with Crippen molar-refractivity contribution in [3.63, 3.8) is 0 Å². The summed E-state index contributed by atoms with van der Waals surface area (Å²) in [4.78, 5) is 45.3. The van der Waals surface area contributed by atoms with Gasteiger partial charge < -0.3 is 19.4 Å². The minimum atomic E-state index is -0.515. The van der Waals surface area contributed by atoms with Crippen LogP contribution in [0.2, 0.25) is 5.02 Å². The third-order valence-electron chi connectivity index (χ3n) is 9.09. The highest BCUT2D eigenvalue weighted by Crippen LogP contribution is 2.47. The second kappa shape index (κ2) is 10.5. The number of nitrogens with zero attached hydrogens (tertiary/aromatic N) is 3. The highest BCUT2D eigenvalue weighted by Gasteiger charge is 2.51. The Labute approximate surface area is 236 Å². The Kier molecular flexibility index (Phi) is 7.40. The van der Waals surface area contributed by atoms with E-state index in [1.54, 1.807) is 24.1 Å². The molecular formula is C31H38ClN3O4. The Morgan fingerprint density at radius 1 is 0.949 bits per heavy atom. The lowest BCUT2D eigenvalue weighted by atomic mass is 9.77. The van der Waals surface area contributed by atoms with Gasteiger partial charge in [0.15, 0.2) is 0 Å². The second-order valence-corrected chi connectivity index (χ2v) is 12.5.